The summed E-state index contributed by atoms with van der Waals surface area (Å²) in [5.41, 5.74) is 0.534. The van der Waals surface area contributed by atoms with Crippen molar-refractivity contribution in [2.45, 2.75) is 45.4 Å². The molecule has 3 aromatic rings. The lowest BCUT2D eigenvalue weighted by atomic mass is 9.73. The predicted molar refractivity (Wildman–Crippen MR) is 112 cm³/mol. The zero-order chi connectivity index (χ0) is 21.2. The maximum Gasteiger partial charge on any atom is 0.261 e. The summed E-state index contributed by atoms with van der Waals surface area (Å²) in [5, 5.41) is 23.8. The summed E-state index contributed by atoms with van der Waals surface area (Å²) >= 11 is 0. The molecule has 0 saturated carbocycles. The van der Waals surface area contributed by atoms with Crippen LogP contribution in [0, 0.1) is 5.82 Å². The molecule has 1 amide bonds. The zero-order valence-corrected chi connectivity index (χ0v) is 16.8. The third-order valence-electron chi connectivity index (χ3n) is 5.93. The molecule has 152 valence electrons. The van der Waals surface area contributed by atoms with Crippen molar-refractivity contribution < 1.29 is 19.4 Å². The number of halogens is 1. The molecule has 3 N–H and O–H groups in total. The molecular formula is C23H25FN2O3. The molecule has 1 heterocycles. The summed E-state index contributed by atoms with van der Waals surface area (Å²) in [5.74, 6) is -1.64. The van der Waals surface area contributed by atoms with Gasteiger partial charge in [0.1, 0.15) is 22.9 Å². The van der Waals surface area contributed by atoms with E-state index in [4.69, 9.17) is 0 Å². The first-order chi connectivity index (χ1) is 13.9. The average Bonchev–Trinajstić information content (AvgIpc) is 2.73. The van der Waals surface area contributed by atoms with Crippen LogP contribution in [0.1, 0.15) is 56.0 Å². The molecule has 0 radical (unpaired) electrons. The fourth-order valence-corrected chi connectivity index (χ4v) is 3.89. The van der Waals surface area contributed by atoms with Gasteiger partial charge < -0.3 is 15.5 Å². The fraction of sp³-hybridized carbons (Fsp3) is 0.304. The molecule has 2 aromatic carbocycles. The van der Waals surface area contributed by atoms with Crippen LogP contribution in [-0.4, -0.2) is 21.1 Å². The number of aromatic nitrogens is 1. The Balaban J connectivity index is 1.96. The van der Waals surface area contributed by atoms with Crippen molar-refractivity contribution in [3.05, 3.63) is 59.5 Å². The lowest BCUT2D eigenvalue weighted by molar-refractivity contribution is 0.102. The molecule has 1 aromatic heterocycles. The molecular weight excluding hydrogens is 371 g/mol. The van der Waals surface area contributed by atoms with E-state index >= 15 is 0 Å². The smallest absolute Gasteiger partial charge is 0.261 e. The molecule has 0 spiro atoms. The van der Waals surface area contributed by atoms with Crippen molar-refractivity contribution in [1.82, 2.24) is 4.98 Å². The number of aromatic hydroxyl groups is 2. The van der Waals surface area contributed by atoms with E-state index in [2.05, 4.69) is 10.3 Å². The van der Waals surface area contributed by atoms with Gasteiger partial charge in [-0.05, 0) is 42.9 Å². The minimum atomic E-state index is -0.709. The lowest BCUT2D eigenvalue weighted by Crippen LogP contribution is -2.24. The number of carbonyl (C=O) groups excluding carboxylic acids is 1. The van der Waals surface area contributed by atoms with E-state index in [1.54, 1.807) is 24.3 Å². The number of nitrogens with one attached hydrogen (secondary N) is 1. The van der Waals surface area contributed by atoms with Gasteiger partial charge in [0.2, 0.25) is 0 Å². The molecule has 0 saturated heterocycles. The van der Waals surface area contributed by atoms with Gasteiger partial charge in [-0.2, -0.15) is 0 Å². The Morgan fingerprint density at radius 1 is 1.10 bits per heavy atom. The van der Waals surface area contributed by atoms with Gasteiger partial charge in [0.05, 0.1) is 11.2 Å². The van der Waals surface area contributed by atoms with E-state index in [9.17, 15) is 19.4 Å². The van der Waals surface area contributed by atoms with Crippen LogP contribution in [0.3, 0.4) is 0 Å². The maximum absolute atomic E-state index is 14.8. The summed E-state index contributed by atoms with van der Waals surface area (Å²) < 4.78 is 14.8. The highest BCUT2D eigenvalue weighted by atomic mass is 19.1. The standard InChI is InChI=1S/C23H25FN2O3/c1-4-23(5-2,6-3)16-11-17(24)19(12-20(16)27)26-22(29)15-13-25-18-10-8-7-9-14(18)21(15)28/h7-13,27H,4-6H2,1-3H3,(H,25,28)(H,26,29). The third kappa shape index (κ3) is 3.62. The van der Waals surface area contributed by atoms with Gasteiger partial charge in [-0.3, -0.25) is 9.78 Å². The van der Waals surface area contributed by atoms with E-state index in [1.807, 2.05) is 20.8 Å². The predicted octanol–water partition coefficient (Wildman–Crippen LogP) is 5.51. The Morgan fingerprint density at radius 3 is 2.41 bits per heavy atom. The van der Waals surface area contributed by atoms with Crippen LogP contribution in [-0.2, 0) is 5.41 Å². The quantitative estimate of drug-likeness (QED) is 0.513. The zero-order valence-electron chi connectivity index (χ0n) is 16.8. The summed E-state index contributed by atoms with van der Waals surface area (Å²) in [6, 6.07) is 9.38. The van der Waals surface area contributed by atoms with Crippen molar-refractivity contribution in [2.24, 2.45) is 0 Å². The number of hydrogen-bond acceptors (Lipinski definition) is 4. The number of para-hydroxylation sites is 1. The van der Waals surface area contributed by atoms with Crippen LogP contribution in [0.15, 0.2) is 42.6 Å². The van der Waals surface area contributed by atoms with E-state index < -0.39 is 11.7 Å². The second-order valence-corrected chi connectivity index (χ2v) is 7.18. The second-order valence-electron chi connectivity index (χ2n) is 7.18. The van der Waals surface area contributed by atoms with Gasteiger partial charge in [-0.15, -0.1) is 0 Å². The molecule has 29 heavy (non-hydrogen) atoms. The van der Waals surface area contributed by atoms with Crippen molar-refractivity contribution >= 4 is 22.5 Å². The number of fused-ring (bicyclic) bond motifs is 1. The summed E-state index contributed by atoms with van der Waals surface area (Å²) in [7, 11) is 0. The normalized spacial score (nSPS) is 11.6. The highest BCUT2D eigenvalue weighted by Crippen LogP contribution is 2.42. The van der Waals surface area contributed by atoms with Crippen molar-refractivity contribution in [2.75, 3.05) is 5.32 Å². The fourth-order valence-electron chi connectivity index (χ4n) is 3.89. The third-order valence-corrected chi connectivity index (χ3v) is 5.93. The van der Waals surface area contributed by atoms with Crippen LogP contribution in [0.25, 0.3) is 10.9 Å². The SMILES string of the molecule is CCC(CC)(CC)c1cc(F)c(NC(=O)c2cnc3ccccc3c2O)cc1O. The minimum Gasteiger partial charge on any atom is -0.508 e. The topological polar surface area (TPSA) is 82.5 Å². The molecule has 6 heteroatoms. The highest BCUT2D eigenvalue weighted by Gasteiger charge is 2.30. The second kappa shape index (κ2) is 8.07. The minimum absolute atomic E-state index is 0.0619. The Hall–Kier alpha value is -3.15. The molecule has 0 aliphatic carbocycles. The highest BCUT2D eigenvalue weighted by molar-refractivity contribution is 6.09. The van der Waals surface area contributed by atoms with Gasteiger partial charge in [0.25, 0.3) is 5.91 Å². The molecule has 0 atom stereocenters. The lowest BCUT2D eigenvalue weighted by Gasteiger charge is -2.32. The van der Waals surface area contributed by atoms with Gasteiger partial charge in [0, 0.05) is 23.2 Å². The first-order valence-electron chi connectivity index (χ1n) is 9.77. The number of rotatable bonds is 6. The summed E-state index contributed by atoms with van der Waals surface area (Å²) in [4.78, 5) is 16.8. The van der Waals surface area contributed by atoms with Gasteiger partial charge in [-0.1, -0.05) is 32.9 Å². The van der Waals surface area contributed by atoms with E-state index in [1.165, 1.54) is 18.3 Å². The number of benzene rings is 2. The number of amides is 1. The van der Waals surface area contributed by atoms with Crippen LogP contribution in [0.4, 0.5) is 10.1 Å². The van der Waals surface area contributed by atoms with E-state index in [-0.39, 0.29) is 28.2 Å². The van der Waals surface area contributed by atoms with Crippen LogP contribution in [0.5, 0.6) is 11.5 Å². The number of phenols is 1. The largest absolute Gasteiger partial charge is 0.508 e. The maximum atomic E-state index is 14.8. The van der Waals surface area contributed by atoms with Gasteiger partial charge >= 0.3 is 0 Å². The number of phenolic OH excluding ortho intramolecular Hbond substituents is 1. The van der Waals surface area contributed by atoms with Crippen molar-refractivity contribution in [3.8, 4) is 11.5 Å². The number of carbonyl (C=O) groups is 1. The van der Waals surface area contributed by atoms with Crippen molar-refractivity contribution in [3.63, 3.8) is 0 Å². The molecule has 0 aliphatic heterocycles. The molecule has 5 nitrogen and oxygen atoms in total. The molecule has 3 rings (SSSR count). The molecule has 0 fully saturated rings. The number of hydrogen-bond donors (Lipinski definition) is 3. The van der Waals surface area contributed by atoms with Crippen LogP contribution in [0.2, 0.25) is 0 Å². The van der Waals surface area contributed by atoms with Crippen molar-refractivity contribution in [1.29, 1.82) is 0 Å². The van der Waals surface area contributed by atoms with E-state index in [0.29, 0.717) is 16.5 Å². The number of pyridine rings is 1. The Bertz CT molecular complexity index is 1050. The van der Waals surface area contributed by atoms with E-state index in [0.717, 1.165) is 19.3 Å². The van der Waals surface area contributed by atoms with Crippen LogP contribution < -0.4 is 5.32 Å². The molecule has 0 aliphatic rings. The first-order valence-corrected chi connectivity index (χ1v) is 9.77. The van der Waals surface area contributed by atoms with Crippen LogP contribution >= 0.6 is 0 Å². The number of nitrogens with zero attached hydrogens (tertiary/aromatic N) is 1. The first kappa shape index (κ1) is 20.6. The Morgan fingerprint density at radius 2 is 1.76 bits per heavy atom. The summed E-state index contributed by atoms with van der Waals surface area (Å²) in [6.45, 7) is 6.03. The Kier molecular flexibility index (Phi) is 5.73. The Labute approximate surface area is 169 Å². The average molecular weight is 396 g/mol. The molecule has 0 bridgehead atoms. The number of anilines is 1. The summed E-state index contributed by atoms with van der Waals surface area (Å²) in [6.07, 6.45) is 3.52. The van der Waals surface area contributed by atoms with Gasteiger partial charge in [-0.25, -0.2) is 4.39 Å². The molecule has 0 unspecified atom stereocenters. The van der Waals surface area contributed by atoms with Gasteiger partial charge in [0.15, 0.2) is 0 Å². The monoisotopic (exact) mass is 396 g/mol.